The van der Waals surface area contributed by atoms with E-state index in [4.69, 9.17) is 16.8 Å². The number of hydrogen-bond donors (Lipinski definition) is 1. The molecule has 0 fully saturated rings. The topological polar surface area (TPSA) is 32.6 Å². The molecule has 1 N–H and O–H groups in total. The molecular weight excluding hydrogens is 186 g/mol. The fraction of sp³-hybridized carbons (Fsp3) is 0.300. The van der Waals surface area contributed by atoms with Crippen molar-refractivity contribution >= 4 is 17.3 Å². The van der Waals surface area contributed by atoms with E-state index in [2.05, 4.69) is 5.16 Å². The fourth-order valence-electron chi connectivity index (χ4n) is 1.03. The lowest BCUT2D eigenvalue weighted by atomic mass is 10.1. The summed E-state index contributed by atoms with van der Waals surface area (Å²) in [5.74, 6) is 0. The van der Waals surface area contributed by atoms with Crippen LogP contribution in [0.5, 0.6) is 0 Å². The van der Waals surface area contributed by atoms with Crippen molar-refractivity contribution in [2.75, 3.05) is 0 Å². The Balaban J connectivity index is 2.60. The zero-order valence-electron chi connectivity index (χ0n) is 7.44. The maximum Gasteiger partial charge on any atom is 0.0788 e. The predicted molar refractivity (Wildman–Crippen MR) is 54.7 cm³/mol. The summed E-state index contributed by atoms with van der Waals surface area (Å²) < 4.78 is 0. The molecule has 0 aliphatic rings. The van der Waals surface area contributed by atoms with Crippen molar-refractivity contribution in [3.05, 3.63) is 35.9 Å². The molecule has 3 heteroatoms. The molecule has 13 heavy (non-hydrogen) atoms. The zero-order valence-corrected chi connectivity index (χ0v) is 8.20. The molecule has 0 heterocycles. The van der Waals surface area contributed by atoms with Crippen molar-refractivity contribution in [3.63, 3.8) is 0 Å². The number of nitrogens with zero attached hydrogens (tertiary/aromatic N) is 1. The Bertz CT molecular complexity index is 284. The van der Waals surface area contributed by atoms with Crippen LogP contribution in [-0.2, 0) is 6.42 Å². The first-order valence-corrected chi connectivity index (χ1v) is 4.54. The van der Waals surface area contributed by atoms with E-state index in [0.717, 1.165) is 5.56 Å². The van der Waals surface area contributed by atoms with Crippen LogP contribution in [0.2, 0.25) is 0 Å². The third-order valence-electron chi connectivity index (χ3n) is 1.87. The summed E-state index contributed by atoms with van der Waals surface area (Å²) >= 11 is 5.98. The largest absolute Gasteiger partial charge is 0.411 e. The lowest BCUT2D eigenvalue weighted by Crippen LogP contribution is -2.13. The van der Waals surface area contributed by atoms with Gasteiger partial charge in [-0.25, -0.2) is 0 Å². The smallest absolute Gasteiger partial charge is 0.0788 e. The van der Waals surface area contributed by atoms with Gasteiger partial charge in [0.15, 0.2) is 0 Å². The minimum atomic E-state index is -0.229. The van der Waals surface area contributed by atoms with Crippen LogP contribution in [0.3, 0.4) is 0 Å². The van der Waals surface area contributed by atoms with E-state index in [1.807, 2.05) is 30.3 Å². The van der Waals surface area contributed by atoms with E-state index in [-0.39, 0.29) is 5.38 Å². The molecular formula is C10H12ClNO. The summed E-state index contributed by atoms with van der Waals surface area (Å²) in [7, 11) is 0. The average molecular weight is 198 g/mol. The van der Waals surface area contributed by atoms with Crippen molar-refractivity contribution in [2.24, 2.45) is 5.16 Å². The molecule has 0 radical (unpaired) electrons. The van der Waals surface area contributed by atoms with Crippen molar-refractivity contribution in [1.29, 1.82) is 0 Å². The van der Waals surface area contributed by atoms with Gasteiger partial charge in [-0.2, -0.15) is 0 Å². The zero-order chi connectivity index (χ0) is 9.68. The number of oxime groups is 1. The van der Waals surface area contributed by atoms with Crippen molar-refractivity contribution < 1.29 is 5.21 Å². The van der Waals surface area contributed by atoms with E-state index in [1.165, 1.54) is 0 Å². The number of rotatable bonds is 3. The van der Waals surface area contributed by atoms with Crippen molar-refractivity contribution in [3.8, 4) is 0 Å². The van der Waals surface area contributed by atoms with Gasteiger partial charge in [0.2, 0.25) is 0 Å². The number of halogens is 1. The molecule has 0 saturated heterocycles. The molecule has 1 aromatic rings. The van der Waals surface area contributed by atoms with Crippen LogP contribution in [0.25, 0.3) is 0 Å². The summed E-state index contributed by atoms with van der Waals surface area (Å²) in [5, 5.41) is 11.3. The van der Waals surface area contributed by atoms with Crippen LogP contribution in [0.1, 0.15) is 12.5 Å². The molecule has 0 amide bonds. The highest BCUT2D eigenvalue weighted by Crippen LogP contribution is 2.09. The van der Waals surface area contributed by atoms with Crippen LogP contribution in [0.15, 0.2) is 35.5 Å². The minimum absolute atomic E-state index is 0.229. The molecule has 1 aromatic carbocycles. The summed E-state index contributed by atoms with van der Waals surface area (Å²) in [6.07, 6.45) is 0.693. The molecule has 2 nitrogen and oxygen atoms in total. The van der Waals surface area contributed by atoms with Gasteiger partial charge < -0.3 is 5.21 Å². The second-order valence-electron chi connectivity index (χ2n) is 2.90. The molecule has 70 valence electrons. The molecule has 0 saturated carbocycles. The molecule has 0 aliphatic heterocycles. The maximum absolute atomic E-state index is 8.49. The van der Waals surface area contributed by atoms with Gasteiger partial charge in [0.05, 0.1) is 11.1 Å². The van der Waals surface area contributed by atoms with E-state index >= 15 is 0 Å². The maximum atomic E-state index is 8.49. The highest BCUT2D eigenvalue weighted by Gasteiger charge is 2.09. The normalized spacial score (nSPS) is 14.2. The fourth-order valence-corrected chi connectivity index (χ4v) is 1.25. The van der Waals surface area contributed by atoms with E-state index in [9.17, 15) is 0 Å². The summed E-state index contributed by atoms with van der Waals surface area (Å²) in [5.41, 5.74) is 1.69. The standard InChI is InChI=1S/C10H12ClNO/c1-8(12-13)10(11)7-9-5-3-2-4-6-9/h2-6,10,13H,7H2,1H3. The first-order chi connectivity index (χ1) is 6.24. The Hall–Kier alpha value is -1.02. The molecule has 1 unspecified atom stereocenters. The lowest BCUT2D eigenvalue weighted by molar-refractivity contribution is 0.317. The second kappa shape index (κ2) is 4.87. The molecule has 0 bridgehead atoms. The van der Waals surface area contributed by atoms with Gasteiger partial charge in [-0.15, -0.1) is 11.6 Å². The summed E-state index contributed by atoms with van der Waals surface area (Å²) in [6.45, 7) is 1.71. The summed E-state index contributed by atoms with van der Waals surface area (Å²) in [6, 6.07) is 9.88. The van der Waals surface area contributed by atoms with Crippen molar-refractivity contribution in [2.45, 2.75) is 18.7 Å². The predicted octanol–water partition coefficient (Wildman–Crippen LogP) is 2.69. The van der Waals surface area contributed by atoms with Gasteiger partial charge in [0.1, 0.15) is 0 Å². The van der Waals surface area contributed by atoms with Crippen LogP contribution in [-0.4, -0.2) is 16.3 Å². The third-order valence-corrected chi connectivity index (χ3v) is 2.34. The van der Waals surface area contributed by atoms with Gasteiger partial charge in [-0.05, 0) is 18.9 Å². The Morgan fingerprint density at radius 2 is 2.08 bits per heavy atom. The number of alkyl halides is 1. The average Bonchev–Trinajstić information content (AvgIpc) is 2.18. The SMILES string of the molecule is CC(=NO)C(Cl)Cc1ccccc1. The van der Waals surface area contributed by atoms with Gasteiger partial charge in [-0.1, -0.05) is 35.5 Å². The Morgan fingerprint density at radius 3 is 2.62 bits per heavy atom. The van der Waals surface area contributed by atoms with Crippen LogP contribution in [0, 0.1) is 0 Å². The molecule has 1 rings (SSSR count). The molecule has 0 aromatic heterocycles. The Labute approximate surface area is 82.8 Å². The number of benzene rings is 1. The van der Waals surface area contributed by atoms with Gasteiger partial charge >= 0.3 is 0 Å². The van der Waals surface area contributed by atoms with Crippen LogP contribution in [0.4, 0.5) is 0 Å². The lowest BCUT2D eigenvalue weighted by Gasteiger charge is -2.06. The van der Waals surface area contributed by atoms with E-state index in [1.54, 1.807) is 6.92 Å². The van der Waals surface area contributed by atoms with Gasteiger partial charge in [-0.3, -0.25) is 0 Å². The monoisotopic (exact) mass is 197 g/mol. The van der Waals surface area contributed by atoms with E-state index < -0.39 is 0 Å². The van der Waals surface area contributed by atoms with Gasteiger partial charge in [0, 0.05) is 0 Å². The minimum Gasteiger partial charge on any atom is -0.411 e. The van der Waals surface area contributed by atoms with Gasteiger partial charge in [0.25, 0.3) is 0 Å². The highest BCUT2D eigenvalue weighted by molar-refractivity contribution is 6.31. The molecule has 1 atom stereocenters. The van der Waals surface area contributed by atoms with Crippen LogP contribution < -0.4 is 0 Å². The highest BCUT2D eigenvalue weighted by atomic mass is 35.5. The number of hydrogen-bond acceptors (Lipinski definition) is 2. The van der Waals surface area contributed by atoms with Crippen LogP contribution >= 0.6 is 11.6 Å². The summed E-state index contributed by atoms with van der Waals surface area (Å²) in [4.78, 5) is 0. The van der Waals surface area contributed by atoms with E-state index in [0.29, 0.717) is 12.1 Å². The third kappa shape index (κ3) is 3.07. The molecule has 0 spiro atoms. The first kappa shape index (κ1) is 10.1. The Morgan fingerprint density at radius 1 is 1.46 bits per heavy atom. The second-order valence-corrected chi connectivity index (χ2v) is 3.43. The van der Waals surface area contributed by atoms with Crippen molar-refractivity contribution in [1.82, 2.24) is 0 Å². The quantitative estimate of drug-likeness (QED) is 0.344. The molecule has 0 aliphatic carbocycles. The Kier molecular flexibility index (Phi) is 3.77. The first-order valence-electron chi connectivity index (χ1n) is 4.10.